The van der Waals surface area contributed by atoms with Crippen LogP contribution in [0, 0.1) is 12.7 Å². The highest BCUT2D eigenvalue weighted by atomic mass is 19.4. The summed E-state index contributed by atoms with van der Waals surface area (Å²) in [5.41, 5.74) is 11.3. The molecule has 0 spiro atoms. The molecule has 0 aliphatic heterocycles. The number of alkyl halides is 3. The monoisotopic (exact) mass is 523 g/mol. The molecule has 2 aromatic carbocycles. The van der Waals surface area contributed by atoms with Gasteiger partial charge in [-0.05, 0) is 56.2 Å². The zero-order valence-electron chi connectivity index (χ0n) is 19.7. The Kier molecular flexibility index (Phi) is 8.91. The quantitative estimate of drug-likeness (QED) is 0.371. The normalized spacial score (nSPS) is 12.0. The molecule has 1 heterocycles. The number of carbonyl (C=O) groups excluding carboxylic acids is 2. The van der Waals surface area contributed by atoms with E-state index in [1.165, 1.54) is 24.3 Å². The maximum Gasteiger partial charge on any atom is 0.397 e. The molecule has 2 amide bonds. The van der Waals surface area contributed by atoms with Gasteiger partial charge in [0, 0.05) is 12.1 Å². The molecule has 0 aliphatic rings. The minimum atomic E-state index is -4.65. The molecule has 200 valence electrons. The molecule has 0 bridgehead atoms. The predicted octanol–water partition coefficient (Wildman–Crippen LogP) is 4.63. The Bertz CT molecular complexity index is 1300. The number of primary amides is 1. The second kappa shape index (κ2) is 11.3. The Morgan fingerprint density at radius 3 is 2.46 bits per heavy atom. The van der Waals surface area contributed by atoms with E-state index in [9.17, 15) is 27.2 Å². The van der Waals surface area contributed by atoms with E-state index >= 15 is 0 Å². The summed E-state index contributed by atoms with van der Waals surface area (Å²) in [4.78, 5) is 24.6. The first-order valence-corrected chi connectivity index (χ1v) is 10.9. The number of rotatable bonds is 8. The fraction of sp³-hybridized carbons (Fsp3) is 0.320. The largest absolute Gasteiger partial charge is 0.492 e. The van der Waals surface area contributed by atoms with Gasteiger partial charge in [-0.2, -0.15) is 18.3 Å². The number of halogens is 4. The molecule has 0 fully saturated rings. The standard InChI is InChI=1S/C24H25F4N5O3.CH4/c1-4-36-18-9-14(11-31-23(35)16-10-15(25)7-5-12(16)2)6-8-17(18)33-21(22(30)34)19(29)20(32-33)13(3)24(26,27)28;/h5-10,13H,4,11,29H2,1-3H3,(H2,30,34)(H,31,35);1H4. The van der Waals surface area contributed by atoms with Crippen LogP contribution in [-0.2, 0) is 6.54 Å². The van der Waals surface area contributed by atoms with E-state index in [0.717, 1.165) is 17.7 Å². The molecule has 3 rings (SSSR count). The van der Waals surface area contributed by atoms with Crippen LogP contribution < -0.4 is 21.5 Å². The number of nitrogens with two attached hydrogens (primary N) is 2. The SMILES string of the molecule is C.CCOc1cc(CNC(=O)c2cc(F)ccc2C)ccc1-n1nc(C(C)C(F)(F)F)c(N)c1C(N)=O. The van der Waals surface area contributed by atoms with E-state index in [0.29, 0.717) is 11.1 Å². The Balaban J connectivity index is 0.00000481. The summed E-state index contributed by atoms with van der Waals surface area (Å²) in [6, 6.07) is 8.43. The lowest BCUT2D eigenvalue weighted by Crippen LogP contribution is -2.24. The van der Waals surface area contributed by atoms with Crippen LogP contribution in [0.3, 0.4) is 0 Å². The second-order valence-electron chi connectivity index (χ2n) is 8.06. The third-order valence-electron chi connectivity index (χ3n) is 5.53. The lowest BCUT2D eigenvalue weighted by molar-refractivity contribution is -0.147. The predicted molar refractivity (Wildman–Crippen MR) is 131 cm³/mol. The molecule has 12 heteroatoms. The highest BCUT2D eigenvalue weighted by molar-refractivity contribution is 5.97. The topological polar surface area (TPSA) is 125 Å². The van der Waals surface area contributed by atoms with Crippen LogP contribution in [0.2, 0.25) is 0 Å². The molecule has 1 aromatic heterocycles. The van der Waals surface area contributed by atoms with Crippen molar-refractivity contribution in [1.29, 1.82) is 0 Å². The molecule has 1 atom stereocenters. The van der Waals surface area contributed by atoms with Crippen molar-refractivity contribution in [1.82, 2.24) is 15.1 Å². The van der Waals surface area contributed by atoms with Crippen LogP contribution in [0.25, 0.3) is 5.69 Å². The van der Waals surface area contributed by atoms with Gasteiger partial charge >= 0.3 is 6.18 Å². The van der Waals surface area contributed by atoms with E-state index in [2.05, 4.69) is 10.4 Å². The number of benzene rings is 2. The van der Waals surface area contributed by atoms with Gasteiger partial charge in [-0.1, -0.05) is 19.6 Å². The fourth-order valence-corrected chi connectivity index (χ4v) is 3.56. The number of amides is 2. The van der Waals surface area contributed by atoms with Crippen molar-refractivity contribution in [3.05, 3.63) is 70.3 Å². The number of carbonyl (C=O) groups is 2. The van der Waals surface area contributed by atoms with Gasteiger partial charge in [-0.3, -0.25) is 9.59 Å². The first-order chi connectivity index (χ1) is 16.8. The van der Waals surface area contributed by atoms with Crippen molar-refractivity contribution in [3.63, 3.8) is 0 Å². The van der Waals surface area contributed by atoms with E-state index in [1.807, 2.05) is 0 Å². The molecule has 0 saturated carbocycles. The summed E-state index contributed by atoms with van der Waals surface area (Å²) in [5.74, 6) is -3.98. The lowest BCUT2D eigenvalue weighted by atomic mass is 10.1. The zero-order chi connectivity index (χ0) is 26.8. The number of hydrogen-bond acceptors (Lipinski definition) is 5. The van der Waals surface area contributed by atoms with Gasteiger partial charge in [0.2, 0.25) is 0 Å². The van der Waals surface area contributed by atoms with Gasteiger partial charge in [0.1, 0.15) is 17.3 Å². The van der Waals surface area contributed by atoms with Gasteiger partial charge in [0.15, 0.2) is 5.69 Å². The highest BCUT2D eigenvalue weighted by Gasteiger charge is 2.41. The number of nitrogens with one attached hydrogen (secondary N) is 1. The van der Waals surface area contributed by atoms with Crippen LogP contribution in [0.4, 0.5) is 23.2 Å². The minimum Gasteiger partial charge on any atom is -0.492 e. The van der Waals surface area contributed by atoms with Crippen LogP contribution in [0.1, 0.15) is 64.9 Å². The molecule has 37 heavy (non-hydrogen) atoms. The van der Waals surface area contributed by atoms with Crippen LogP contribution in [-0.4, -0.2) is 34.4 Å². The van der Waals surface area contributed by atoms with Crippen LogP contribution >= 0.6 is 0 Å². The number of hydrogen-bond donors (Lipinski definition) is 3. The van der Waals surface area contributed by atoms with Gasteiger partial charge in [0.05, 0.1) is 23.9 Å². The van der Waals surface area contributed by atoms with Gasteiger partial charge < -0.3 is 21.5 Å². The number of aryl methyl sites for hydroxylation is 1. The molecular formula is C25H29F4N5O3. The lowest BCUT2D eigenvalue weighted by Gasteiger charge is -2.15. The molecule has 1 unspecified atom stereocenters. The molecule has 0 radical (unpaired) electrons. The van der Waals surface area contributed by atoms with Crippen molar-refractivity contribution in [3.8, 4) is 11.4 Å². The van der Waals surface area contributed by atoms with Crippen LogP contribution in [0.5, 0.6) is 5.75 Å². The third-order valence-corrected chi connectivity index (χ3v) is 5.53. The molecule has 3 aromatic rings. The maximum atomic E-state index is 13.5. The first-order valence-electron chi connectivity index (χ1n) is 10.9. The average Bonchev–Trinajstić information content (AvgIpc) is 3.15. The van der Waals surface area contributed by atoms with Crippen molar-refractivity contribution in [2.45, 2.75) is 46.8 Å². The Morgan fingerprint density at radius 1 is 1.19 bits per heavy atom. The highest BCUT2D eigenvalue weighted by Crippen LogP contribution is 2.38. The number of anilines is 1. The molecule has 0 saturated heterocycles. The molecule has 0 aliphatic carbocycles. The van der Waals surface area contributed by atoms with E-state index in [1.54, 1.807) is 19.9 Å². The van der Waals surface area contributed by atoms with Crippen molar-refractivity contribution in [2.24, 2.45) is 5.73 Å². The van der Waals surface area contributed by atoms with Gasteiger partial charge in [-0.25, -0.2) is 9.07 Å². The number of ether oxygens (including phenoxy) is 1. The smallest absolute Gasteiger partial charge is 0.397 e. The van der Waals surface area contributed by atoms with E-state index in [-0.39, 0.29) is 37.6 Å². The van der Waals surface area contributed by atoms with Crippen molar-refractivity contribution >= 4 is 17.5 Å². The average molecular weight is 524 g/mol. The maximum absolute atomic E-state index is 13.5. The summed E-state index contributed by atoms with van der Waals surface area (Å²) in [6.45, 7) is 4.46. The van der Waals surface area contributed by atoms with Crippen LogP contribution in [0.15, 0.2) is 36.4 Å². The van der Waals surface area contributed by atoms with E-state index < -0.39 is 46.8 Å². The summed E-state index contributed by atoms with van der Waals surface area (Å²) < 4.78 is 60.1. The van der Waals surface area contributed by atoms with Gasteiger partial charge in [0.25, 0.3) is 11.8 Å². The Morgan fingerprint density at radius 2 is 1.86 bits per heavy atom. The number of nitrogen functional groups attached to an aromatic ring is 1. The summed E-state index contributed by atoms with van der Waals surface area (Å²) in [6.07, 6.45) is -4.65. The minimum absolute atomic E-state index is 0. The molecule has 8 nitrogen and oxygen atoms in total. The zero-order valence-corrected chi connectivity index (χ0v) is 19.7. The molecule has 5 N–H and O–H groups in total. The third kappa shape index (κ3) is 6.19. The Labute approximate surface area is 211 Å². The Hall–Kier alpha value is -4.09. The van der Waals surface area contributed by atoms with Crippen molar-refractivity contribution in [2.75, 3.05) is 12.3 Å². The van der Waals surface area contributed by atoms with E-state index in [4.69, 9.17) is 16.2 Å². The van der Waals surface area contributed by atoms with Gasteiger partial charge in [-0.15, -0.1) is 0 Å². The number of nitrogens with zero attached hydrogens (tertiary/aromatic N) is 2. The summed E-state index contributed by atoms with van der Waals surface area (Å²) in [5, 5.41) is 6.64. The summed E-state index contributed by atoms with van der Waals surface area (Å²) in [7, 11) is 0. The summed E-state index contributed by atoms with van der Waals surface area (Å²) >= 11 is 0. The first kappa shape index (κ1) is 29.1. The number of aromatic nitrogens is 2. The van der Waals surface area contributed by atoms with Crippen molar-refractivity contribution < 1.29 is 31.9 Å². The molecular weight excluding hydrogens is 494 g/mol. The second-order valence-corrected chi connectivity index (χ2v) is 8.06. The fourth-order valence-electron chi connectivity index (χ4n) is 3.56.